The van der Waals surface area contributed by atoms with E-state index in [0.717, 1.165) is 6.92 Å². The highest BCUT2D eigenvalue weighted by Crippen LogP contribution is 2.34. The Morgan fingerprint density at radius 2 is 2.00 bits per heavy atom. The third-order valence-corrected chi connectivity index (χ3v) is 2.62. The van der Waals surface area contributed by atoms with Gasteiger partial charge in [-0.15, -0.1) is 0 Å². The summed E-state index contributed by atoms with van der Waals surface area (Å²) in [6.07, 6.45) is -7.98. The van der Waals surface area contributed by atoms with Crippen LogP contribution in [0.3, 0.4) is 0 Å². The first kappa shape index (κ1) is 16.3. The molecule has 0 bridgehead atoms. The highest BCUT2D eigenvalue weighted by molar-refractivity contribution is 5.73. The number of ether oxygens (including phenoxy) is 1. The van der Waals surface area contributed by atoms with Crippen LogP contribution in [0, 0.1) is 6.92 Å². The van der Waals surface area contributed by atoms with Gasteiger partial charge in [-0.1, -0.05) is 0 Å². The van der Waals surface area contributed by atoms with Crippen LogP contribution in [-0.4, -0.2) is 17.6 Å². The molecule has 0 amide bonds. The third-order valence-electron chi connectivity index (χ3n) is 2.62. The average molecular weight is 297 g/mol. The number of alkyl halides is 5. The molecule has 0 unspecified atom stereocenters. The summed E-state index contributed by atoms with van der Waals surface area (Å²) in [4.78, 5) is 14.4. The van der Waals surface area contributed by atoms with Crippen LogP contribution in [0.4, 0.5) is 22.0 Å². The molecule has 0 fully saturated rings. The zero-order valence-electron chi connectivity index (χ0n) is 10.7. The van der Waals surface area contributed by atoms with Crippen LogP contribution in [0.2, 0.25) is 0 Å². The molecule has 1 heterocycles. The summed E-state index contributed by atoms with van der Waals surface area (Å²) < 4.78 is 68.2. The number of nitrogens with zero attached hydrogens (tertiary/aromatic N) is 1. The Labute approximate surface area is 111 Å². The minimum absolute atomic E-state index is 0.0130. The van der Waals surface area contributed by atoms with Crippen LogP contribution >= 0.6 is 0 Å². The average Bonchev–Trinajstić information content (AvgIpc) is 2.29. The molecule has 0 radical (unpaired) electrons. The van der Waals surface area contributed by atoms with Crippen LogP contribution in [0.15, 0.2) is 6.20 Å². The number of hydrogen-bond donors (Lipinski definition) is 0. The Morgan fingerprint density at radius 1 is 1.40 bits per heavy atom. The van der Waals surface area contributed by atoms with Gasteiger partial charge in [-0.3, -0.25) is 9.78 Å². The lowest BCUT2D eigenvalue weighted by Gasteiger charge is -2.16. The van der Waals surface area contributed by atoms with Gasteiger partial charge in [-0.05, 0) is 25.0 Å². The van der Waals surface area contributed by atoms with E-state index in [-0.39, 0.29) is 12.2 Å². The number of esters is 1. The molecule has 20 heavy (non-hydrogen) atoms. The first-order valence-electron chi connectivity index (χ1n) is 5.67. The zero-order chi connectivity index (χ0) is 15.5. The van der Waals surface area contributed by atoms with E-state index < -0.39 is 41.8 Å². The molecule has 0 N–H and O–H groups in total. The lowest BCUT2D eigenvalue weighted by molar-refractivity contribution is -0.144. The van der Waals surface area contributed by atoms with Crippen molar-refractivity contribution in [1.82, 2.24) is 4.98 Å². The van der Waals surface area contributed by atoms with E-state index in [1.807, 2.05) is 0 Å². The second-order valence-corrected chi connectivity index (χ2v) is 3.95. The largest absolute Gasteiger partial charge is 0.466 e. The Kier molecular flexibility index (Phi) is 5.02. The lowest BCUT2D eigenvalue weighted by atomic mass is 9.99. The Bertz CT molecular complexity index is 499. The van der Waals surface area contributed by atoms with Crippen molar-refractivity contribution in [1.29, 1.82) is 0 Å². The molecule has 3 nitrogen and oxygen atoms in total. The van der Waals surface area contributed by atoms with Crippen molar-refractivity contribution in [2.24, 2.45) is 0 Å². The summed E-state index contributed by atoms with van der Waals surface area (Å²) >= 11 is 0. The fourth-order valence-corrected chi connectivity index (χ4v) is 1.73. The van der Waals surface area contributed by atoms with Gasteiger partial charge in [0, 0.05) is 11.8 Å². The van der Waals surface area contributed by atoms with E-state index in [4.69, 9.17) is 0 Å². The quantitative estimate of drug-likeness (QED) is 0.631. The van der Waals surface area contributed by atoms with E-state index in [1.54, 1.807) is 0 Å². The van der Waals surface area contributed by atoms with E-state index >= 15 is 0 Å². The van der Waals surface area contributed by atoms with Crippen LogP contribution < -0.4 is 0 Å². The lowest BCUT2D eigenvalue weighted by Crippen LogP contribution is -2.17. The van der Waals surface area contributed by atoms with Gasteiger partial charge in [-0.2, -0.15) is 13.2 Å². The topological polar surface area (TPSA) is 39.2 Å². The molecule has 0 spiro atoms. The second kappa shape index (κ2) is 6.15. The number of carbonyl (C=O) groups excluding carboxylic acids is 1. The monoisotopic (exact) mass is 297 g/mol. The number of aromatic nitrogens is 1. The van der Waals surface area contributed by atoms with Gasteiger partial charge in [0.2, 0.25) is 0 Å². The van der Waals surface area contributed by atoms with Crippen LogP contribution in [0.1, 0.15) is 35.7 Å². The molecule has 1 aromatic rings. The Hall–Kier alpha value is -1.73. The summed E-state index contributed by atoms with van der Waals surface area (Å²) in [5, 5.41) is 0. The standard InChI is InChI=1S/C12H12F5NO2/c1-3-20-9(19)4-7-6(2)10(12(15,16)17)18-5-8(7)11(13)14/h5,11H,3-4H2,1-2H3. The number of halogens is 5. The summed E-state index contributed by atoms with van der Waals surface area (Å²) in [5.41, 5.74) is -2.84. The van der Waals surface area contributed by atoms with Crippen molar-refractivity contribution in [3.8, 4) is 0 Å². The molecule has 0 saturated heterocycles. The highest BCUT2D eigenvalue weighted by atomic mass is 19.4. The number of hydrogen-bond acceptors (Lipinski definition) is 3. The number of pyridine rings is 1. The van der Waals surface area contributed by atoms with E-state index in [1.165, 1.54) is 6.92 Å². The molecule has 8 heteroatoms. The molecule has 0 aromatic carbocycles. The summed E-state index contributed by atoms with van der Waals surface area (Å²) in [6, 6.07) is 0. The van der Waals surface area contributed by atoms with Gasteiger partial charge in [-0.25, -0.2) is 8.78 Å². The molecular formula is C12H12F5NO2. The molecule has 0 atom stereocenters. The smallest absolute Gasteiger partial charge is 0.433 e. The summed E-state index contributed by atoms with van der Waals surface area (Å²) in [6.45, 7) is 2.53. The zero-order valence-corrected chi connectivity index (χ0v) is 10.7. The van der Waals surface area contributed by atoms with Crippen LogP contribution in [-0.2, 0) is 22.1 Å². The first-order valence-corrected chi connectivity index (χ1v) is 5.67. The predicted octanol–water partition coefficient (Wildman–Crippen LogP) is 3.45. The van der Waals surface area contributed by atoms with E-state index in [9.17, 15) is 26.7 Å². The van der Waals surface area contributed by atoms with Crippen molar-refractivity contribution in [3.05, 3.63) is 28.6 Å². The summed E-state index contributed by atoms with van der Waals surface area (Å²) in [7, 11) is 0. The molecule has 1 aromatic heterocycles. The van der Waals surface area contributed by atoms with Gasteiger partial charge < -0.3 is 4.74 Å². The fraction of sp³-hybridized carbons (Fsp3) is 0.500. The van der Waals surface area contributed by atoms with E-state index in [2.05, 4.69) is 9.72 Å². The minimum atomic E-state index is -4.77. The van der Waals surface area contributed by atoms with Crippen LogP contribution in [0.25, 0.3) is 0 Å². The van der Waals surface area contributed by atoms with Gasteiger partial charge >= 0.3 is 12.1 Å². The van der Waals surface area contributed by atoms with Crippen molar-refractivity contribution in [2.45, 2.75) is 32.9 Å². The third kappa shape index (κ3) is 3.64. The van der Waals surface area contributed by atoms with Gasteiger partial charge in [0.25, 0.3) is 6.43 Å². The van der Waals surface area contributed by atoms with Crippen molar-refractivity contribution < 1.29 is 31.5 Å². The van der Waals surface area contributed by atoms with Crippen molar-refractivity contribution in [2.75, 3.05) is 6.61 Å². The Morgan fingerprint density at radius 3 is 2.45 bits per heavy atom. The van der Waals surface area contributed by atoms with Gasteiger partial charge in [0.15, 0.2) is 0 Å². The molecule has 0 aliphatic rings. The summed E-state index contributed by atoms with van der Waals surface area (Å²) in [5.74, 6) is -0.864. The molecule has 112 valence electrons. The number of rotatable bonds is 4. The van der Waals surface area contributed by atoms with Crippen molar-refractivity contribution >= 4 is 5.97 Å². The van der Waals surface area contributed by atoms with E-state index in [0.29, 0.717) is 6.20 Å². The fourth-order valence-electron chi connectivity index (χ4n) is 1.73. The van der Waals surface area contributed by atoms with Gasteiger partial charge in [0.05, 0.1) is 13.0 Å². The maximum atomic E-state index is 12.8. The highest BCUT2D eigenvalue weighted by Gasteiger charge is 2.36. The van der Waals surface area contributed by atoms with Crippen LogP contribution in [0.5, 0.6) is 0 Å². The number of carbonyl (C=O) groups is 1. The normalized spacial score (nSPS) is 11.8. The molecule has 0 aliphatic carbocycles. The van der Waals surface area contributed by atoms with Crippen molar-refractivity contribution in [3.63, 3.8) is 0 Å². The molecule has 1 rings (SSSR count). The SMILES string of the molecule is CCOC(=O)Cc1c(C(F)F)cnc(C(F)(F)F)c1C. The predicted molar refractivity (Wildman–Crippen MR) is 59.3 cm³/mol. The molecule has 0 aliphatic heterocycles. The maximum absolute atomic E-state index is 12.8. The maximum Gasteiger partial charge on any atom is 0.433 e. The molecular weight excluding hydrogens is 285 g/mol. The molecule has 0 saturated carbocycles. The van der Waals surface area contributed by atoms with Gasteiger partial charge in [0.1, 0.15) is 5.69 Å². The second-order valence-electron chi connectivity index (χ2n) is 3.95. The first-order chi connectivity index (χ1) is 9.18. The Balaban J connectivity index is 3.32. The minimum Gasteiger partial charge on any atom is -0.466 e.